The summed E-state index contributed by atoms with van der Waals surface area (Å²) in [5, 5.41) is 14.2. The number of carbonyl (C=O) groups is 2. The Morgan fingerprint density at radius 2 is 1.97 bits per heavy atom. The molecule has 2 fully saturated rings. The maximum atomic E-state index is 13.3. The molecule has 2 aromatic rings. The number of carbonyl (C=O) groups excluding carboxylic acids is 1. The van der Waals surface area contributed by atoms with E-state index in [1.807, 2.05) is 30.1 Å². The van der Waals surface area contributed by atoms with Crippen LogP contribution in [0.15, 0.2) is 31.0 Å². The van der Waals surface area contributed by atoms with Crippen LogP contribution in [0.3, 0.4) is 0 Å². The van der Waals surface area contributed by atoms with Gasteiger partial charge in [-0.3, -0.25) is 14.3 Å². The average molecular weight is 417 g/mol. The summed E-state index contributed by atoms with van der Waals surface area (Å²) in [5.74, 6) is 1.45. The lowest BCUT2D eigenvalue weighted by atomic mass is 9.84. The number of piperidine rings is 1. The Morgan fingerprint density at radius 3 is 2.53 bits per heavy atom. The quantitative estimate of drug-likeness (QED) is 0.725. The minimum absolute atomic E-state index is 0.0107. The van der Waals surface area contributed by atoms with Crippen LogP contribution >= 0.6 is 0 Å². The molecule has 1 aliphatic carbocycles. The van der Waals surface area contributed by atoms with Gasteiger partial charge in [-0.05, 0) is 31.6 Å². The minimum Gasteiger partial charge on any atom is -0.483 e. The van der Waals surface area contributed by atoms with Gasteiger partial charge in [-0.2, -0.15) is 5.10 Å². The number of carboxylic acid groups (broad SMARTS) is 1. The molecule has 0 bridgehead atoms. The standard InChI is InChI=1S/C20H30N6O.CH2O2/c1-24-11-7-18(23-24)22-19(27)20(26-14-10-21-16-26)8-12-25(13-9-20)15-17-5-3-2-4-6-17;2-1-3/h7,10-11,14,16-17H,2-6,8-9,12-13,15H2,1H3,(H,22,23,27);1H,(H,2,3). The molecule has 1 saturated carbocycles. The lowest BCUT2D eigenvalue weighted by Gasteiger charge is -2.42. The van der Waals surface area contributed by atoms with Crippen molar-refractivity contribution in [1.29, 1.82) is 0 Å². The van der Waals surface area contributed by atoms with E-state index in [9.17, 15) is 4.79 Å². The van der Waals surface area contributed by atoms with Gasteiger partial charge >= 0.3 is 0 Å². The summed E-state index contributed by atoms with van der Waals surface area (Å²) in [4.78, 5) is 28.4. The monoisotopic (exact) mass is 416 g/mol. The number of likely N-dealkylation sites (tertiary alicyclic amines) is 1. The molecular formula is C21H32N6O3. The van der Waals surface area contributed by atoms with Crippen molar-refractivity contribution >= 4 is 18.2 Å². The molecule has 2 N–H and O–H groups in total. The van der Waals surface area contributed by atoms with E-state index in [0.29, 0.717) is 5.82 Å². The fourth-order valence-electron chi connectivity index (χ4n) is 4.67. The van der Waals surface area contributed by atoms with Crippen LogP contribution in [0.1, 0.15) is 44.9 Å². The van der Waals surface area contributed by atoms with Crippen LogP contribution in [0.2, 0.25) is 0 Å². The molecule has 0 radical (unpaired) electrons. The van der Waals surface area contributed by atoms with Crippen LogP contribution in [-0.4, -0.2) is 61.4 Å². The zero-order valence-electron chi connectivity index (χ0n) is 17.6. The highest BCUT2D eigenvalue weighted by atomic mass is 16.3. The summed E-state index contributed by atoms with van der Waals surface area (Å²) in [5.41, 5.74) is -0.586. The average Bonchev–Trinajstić information content (AvgIpc) is 3.42. The molecule has 30 heavy (non-hydrogen) atoms. The zero-order chi connectivity index (χ0) is 21.4. The lowest BCUT2D eigenvalue weighted by Crippen LogP contribution is -2.53. The van der Waals surface area contributed by atoms with Crippen molar-refractivity contribution in [3.63, 3.8) is 0 Å². The van der Waals surface area contributed by atoms with Crippen molar-refractivity contribution in [2.75, 3.05) is 25.0 Å². The molecule has 2 aliphatic rings. The van der Waals surface area contributed by atoms with Crippen LogP contribution in [0.5, 0.6) is 0 Å². The van der Waals surface area contributed by atoms with Crippen molar-refractivity contribution in [3.05, 3.63) is 31.0 Å². The Kier molecular flexibility index (Phi) is 7.62. The molecule has 0 atom stereocenters. The van der Waals surface area contributed by atoms with E-state index in [1.165, 1.54) is 38.6 Å². The fraction of sp³-hybridized carbons (Fsp3) is 0.619. The third-order valence-electron chi connectivity index (χ3n) is 6.30. The number of aryl methyl sites for hydroxylation is 1. The first-order valence-electron chi connectivity index (χ1n) is 10.7. The summed E-state index contributed by atoms with van der Waals surface area (Å²) < 4.78 is 3.69. The van der Waals surface area contributed by atoms with Gasteiger partial charge in [-0.15, -0.1) is 0 Å². The van der Waals surface area contributed by atoms with Gasteiger partial charge in [0.25, 0.3) is 12.4 Å². The molecular weight excluding hydrogens is 384 g/mol. The van der Waals surface area contributed by atoms with E-state index >= 15 is 0 Å². The van der Waals surface area contributed by atoms with E-state index in [0.717, 1.165) is 31.8 Å². The number of hydrogen-bond donors (Lipinski definition) is 2. The predicted octanol–water partition coefficient (Wildman–Crippen LogP) is 2.33. The second-order valence-electron chi connectivity index (χ2n) is 8.24. The molecule has 9 nitrogen and oxygen atoms in total. The molecule has 0 spiro atoms. The highest BCUT2D eigenvalue weighted by Crippen LogP contribution is 2.33. The van der Waals surface area contributed by atoms with Crippen LogP contribution in [0.4, 0.5) is 5.82 Å². The van der Waals surface area contributed by atoms with Crippen molar-refractivity contribution < 1.29 is 14.7 Å². The first-order valence-corrected chi connectivity index (χ1v) is 10.7. The molecule has 0 unspecified atom stereocenters. The molecule has 164 valence electrons. The van der Waals surface area contributed by atoms with Gasteiger partial charge in [0.2, 0.25) is 0 Å². The smallest absolute Gasteiger partial charge is 0.290 e. The molecule has 1 amide bonds. The van der Waals surface area contributed by atoms with Gasteiger partial charge < -0.3 is 19.9 Å². The van der Waals surface area contributed by atoms with E-state index in [-0.39, 0.29) is 12.4 Å². The zero-order valence-corrected chi connectivity index (χ0v) is 17.6. The maximum absolute atomic E-state index is 13.3. The van der Waals surface area contributed by atoms with E-state index in [1.54, 1.807) is 17.2 Å². The normalized spacial score (nSPS) is 19.5. The molecule has 4 rings (SSSR count). The van der Waals surface area contributed by atoms with Gasteiger partial charge in [0.15, 0.2) is 5.82 Å². The molecule has 1 saturated heterocycles. The first kappa shape index (κ1) is 22.0. The number of nitrogens with zero attached hydrogens (tertiary/aromatic N) is 5. The van der Waals surface area contributed by atoms with Gasteiger partial charge in [-0.1, -0.05) is 19.3 Å². The van der Waals surface area contributed by atoms with Crippen molar-refractivity contribution in [1.82, 2.24) is 24.2 Å². The maximum Gasteiger partial charge on any atom is 0.290 e. The Hall–Kier alpha value is -2.68. The van der Waals surface area contributed by atoms with Crippen molar-refractivity contribution in [2.24, 2.45) is 13.0 Å². The van der Waals surface area contributed by atoms with Gasteiger partial charge in [0.1, 0.15) is 5.54 Å². The third-order valence-corrected chi connectivity index (χ3v) is 6.30. The van der Waals surface area contributed by atoms with Gasteiger partial charge in [-0.25, -0.2) is 4.98 Å². The number of amides is 1. The molecule has 1 aliphatic heterocycles. The number of hydrogen-bond acceptors (Lipinski definition) is 5. The molecule has 0 aromatic carbocycles. The summed E-state index contributed by atoms with van der Waals surface area (Å²) in [7, 11) is 1.85. The van der Waals surface area contributed by atoms with Crippen LogP contribution in [-0.2, 0) is 22.2 Å². The van der Waals surface area contributed by atoms with E-state index < -0.39 is 5.54 Å². The Balaban J connectivity index is 0.000000806. The Morgan fingerprint density at radius 1 is 1.27 bits per heavy atom. The van der Waals surface area contributed by atoms with E-state index in [2.05, 4.69) is 20.3 Å². The highest BCUT2D eigenvalue weighted by Gasteiger charge is 2.43. The van der Waals surface area contributed by atoms with E-state index in [4.69, 9.17) is 9.90 Å². The lowest BCUT2D eigenvalue weighted by molar-refractivity contribution is -0.127. The van der Waals surface area contributed by atoms with Gasteiger partial charge in [0, 0.05) is 51.3 Å². The summed E-state index contributed by atoms with van der Waals surface area (Å²) in [6, 6.07) is 1.83. The third kappa shape index (κ3) is 5.27. The van der Waals surface area contributed by atoms with Crippen molar-refractivity contribution in [3.8, 4) is 0 Å². The van der Waals surface area contributed by atoms with Crippen LogP contribution in [0.25, 0.3) is 0 Å². The SMILES string of the molecule is Cn1ccc(NC(=O)C2(n3ccnc3)CCN(CC3CCCCC3)CC2)n1.O=CO. The fourth-order valence-corrected chi connectivity index (χ4v) is 4.67. The number of rotatable bonds is 5. The summed E-state index contributed by atoms with van der Waals surface area (Å²) in [6.45, 7) is 2.83. The summed E-state index contributed by atoms with van der Waals surface area (Å²) in [6.07, 6.45) is 15.8. The number of anilines is 1. The Bertz CT molecular complexity index is 790. The first-order chi connectivity index (χ1) is 14.6. The molecule has 9 heteroatoms. The molecule has 3 heterocycles. The Labute approximate surface area is 177 Å². The van der Waals surface area contributed by atoms with Gasteiger partial charge in [0.05, 0.1) is 6.33 Å². The van der Waals surface area contributed by atoms with Crippen LogP contribution < -0.4 is 5.32 Å². The summed E-state index contributed by atoms with van der Waals surface area (Å²) >= 11 is 0. The molecule has 2 aromatic heterocycles. The second-order valence-corrected chi connectivity index (χ2v) is 8.24. The van der Waals surface area contributed by atoms with Crippen molar-refractivity contribution in [2.45, 2.75) is 50.5 Å². The number of nitrogens with one attached hydrogen (secondary N) is 1. The topological polar surface area (TPSA) is 105 Å². The predicted molar refractivity (Wildman–Crippen MR) is 113 cm³/mol. The highest BCUT2D eigenvalue weighted by molar-refractivity contribution is 5.96. The minimum atomic E-state index is -0.586. The number of aromatic nitrogens is 4. The largest absolute Gasteiger partial charge is 0.483 e. The number of imidazole rings is 1. The van der Waals surface area contributed by atoms with Crippen LogP contribution in [0, 0.1) is 5.92 Å². The second kappa shape index (κ2) is 10.4.